The van der Waals surface area contributed by atoms with Gasteiger partial charge in [-0.05, 0) is 38.1 Å². The zero-order chi connectivity index (χ0) is 27.0. The molecule has 5 rings (SSSR count). The number of aromatic nitrogens is 4. The predicted molar refractivity (Wildman–Crippen MR) is 132 cm³/mol. The van der Waals surface area contributed by atoms with Gasteiger partial charge in [0.25, 0.3) is 5.91 Å². The molecule has 1 aliphatic rings. The topological polar surface area (TPSA) is 114 Å². The first-order valence-electron chi connectivity index (χ1n) is 11.5. The van der Waals surface area contributed by atoms with Crippen LogP contribution in [0.3, 0.4) is 0 Å². The van der Waals surface area contributed by atoms with Crippen molar-refractivity contribution < 1.29 is 23.1 Å². The van der Waals surface area contributed by atoms with E-state index in [9.17, 15) is 14.0 Å². The van der Waals surface area contributed by atoms with Crippen molar-refractivity contribution in [3.63, 3.8) is 0 Å². The van der Waals surface area contributed by atoms with Crippen LogP contribution in [-0.4, -0.2) is 49.1 Å². The van der Waals surface area contributed by atoms with E-state index in [1.165, 1.54) is 28.3 Å². The summed E-state index contributed by atoms with van der Waals surface area (Å²) in [5, 5.41) is 13.7. The SMILES string of the molecule is Cc1nc(-c2ccc(C#N)cc2)sc1C(=O)N1CC(=O)OC(Cn2cncn2)(c2ccc(F)cc2F)C1C. The number of carbonyl (C=O) groups is 2. The number of halogens is 2. The van der Waals surface area contributed by atoms with Gasteiger partial charge in [0, 0.05) is 17.2 Å². The normalized spacial score (nSPS) is 19.2. The molecule has 9 nitrogen and oxygen atoms in total. The maximum absolute atomic E-state index is 15.2. The van der Waals surface area contributed by atoms with E-state index in [0.29, 0.717) is 27.2 Å². The van der Waals surface area contributed by atoms with E-state index in [1.54, 1.807) is 38.1 Å². The van der Waals surface area contributed by atoms with Gasteiger partial charge >= 0.3 is 5.97 Å². The van der Waals surface area contributed by atoms with Crippen LogP contribution in [0.25, 0.3) is 10.6 Å². The molecule has 4 aromatic rings. The second-order valence-corrected chi connectivity index (χ2v) is 9.81. The van der Waals surface area contributed by atoms with Gasteiger partial charge in [-0.3, -0.25) is 9.59 Å². The minimum Gasteiger partial charge on any atom is -0.449 e. The number of aryl methyl sites for hydroxylation is 1. The van der Waals surface area contributed by atoms with Crippen LogP contribution in [0.15, 0.2) is 55.1 Å². The lowest BCUT2D eigenvalue weighted by Crippen LogP contribution is -2.61. The number of nitrogens with zero attached hydrogens (tertiary/aromatic N) is 6. The number of esters is 1. The van der Waals surface area contributed by atoms with Crippen molar-refractivity contribution in [1.29, 1.82) is 5.26 Å². The summed E-state index contributed by atoms with van der Waals surface area (Å²) in [6, 6.07) is 11.0. The largest absolute Gasteiger partial charge is 0.449 e. The maximum atomic E-state index is 15.2. The Bertz CT molecular complexity index is 1560. The van der Waals surface area contributed by atoms with Gasteiger partial charge < -0.3 is 9.64 Å². The maximum Gasteiger partial charge on any atom is 0.326 e. The molecular weight excluding hydrogens is 514 g/mol. The smallest absolute Gasteiger partial charge is 0.326 e. The summed E-state index contributed by atoms with van der Waals surface area (Å²) < 4.78 is 36.1. The summed E-state index contributed by atoms with van der Waals surface area (Å²) in [7, 11) is 0. The van der Waals surface area contributed by atoms with Crippen molar-refractivity contribution in [3.05, 3.63) is 88.5 Å². The Hall–Kier alpha value is -4.50. The molecule has 2 unspecified atom stereocenters. The molecule has 3 heterocycles. The molecule has 38 heavy (non-hydrogen) atoms. The molecule has 1 amide bonds. The van der Waals surface area contributed by atoms with E-state index >= 15 is 4.39 Å². The second-order valence-electron chi connectivity index (χ2n) is 8.81. The van der Waals surface area contributed by atoms with Gasteiger partial charge in [0.2, 0.25) is 0 Å². The summed E-state index contributed by atoms with van der Waals surface area (Å²) in [6.45, 7) is 2.80. The number of rotatable bonds is 5. The lowest BCUT2D eigenvalue weighted by molar-refractivity contribution is -0.186. The first-order chi connectivity index (χ1) is 18.2. The van der Waals surface area contributed by atoms with Crippen molar-refractivity contribution in [2.24, 2.45) is 0 Å². The minimum atomic E-state index is -1.72. The van der Waals surface area contributed by atoms with E-state index in [1.807, 2.05) is 0 Å². The Balaban J connectivity index is 1.55. The van der Waals surface area contributed by atoms with Gasteiger partial charge in [0.05, 0.1) is 29.9 Å². The van der Waals surface area contributed by atoms with Crippen molar-refractivity contribution >= 4 is 23.2 Å². The van der Waals surface area contributed by atoms with Crippen molar-refractivity contribution in [3.8, 4) is 16.6 Å². The van der Waals surface area contributed by atoms with Crippen LogP contribution >= 0.6 is 11.3 Å². The van der Waals surface area contributed by atoms with E-state index < -0.39 is 35.2 Å². The number of thiazole rings is 1. The highest BCUT2D eigenvalue weighted by Gasteiger charge is 2.52. The molecule has 0 bridgehead atoms. The number of hydrogen-bond acceptors (Lipinski definition) is 8. The molecule has 1 fully saturated rings. The number of cyclic esters (lactones) is 1. The van der Waals surface area contributed by atoms with Crippen LogP contribution < -0.4 is 0 Å². The molecule has 2 atom stereocenters. The zero-order valence-corrected chi connectivity index (χ0v) is 21.1. The van der Waals surface area contributed by atoms with Crippen molar-refractivity contribution in [2.45, 2.75) is 32.0 Å². The summed E-state index contributed by atoms with van der Waals surface area (Å²) in [4.78, 5) is 36.8. The number of benzene rings is 2. The molecular formula is C26H20F2N6O3S. The van der Waals surface area contributed by atoms with Gasteiger partial charge in [-0.1, -0.05) is 12.1 Å². The first-order valence-corrected chi connectivity index (χ1v) is 12.3. The minimum absolute atomic E-state index is 0.0907. The third kappa shape index (κ3) is 4.41. The molecule has 1 aliphatic heterocycles. The highest BCUT2D eigenvalue weighted by molar-refractivity contribution is 7.17. The van der Waals surface area contributed by atoms with Crippen molar-refractivity contribution in [2.75, 3.05) is 6.54 Å². The van der Waals surface area contributed by atoms with Gasteiger partial charge in [0.15, 0.2) is 5.60 Å². The second kappa shape index (κ2) is 9.75. The molecule has 0 N–H and O–H groups in total. The number of amides is 1. The molecule has 2 aromatic heterocycles. The van der Waals surface area contributed by atoms with E-state index in [2.05, 4.69) is 21.1 Å². The Kier molecular flexibility index (Phi) is 6.46. The highest BCUT2D eigenvalue weighted by Crippen LogP contribution is 2.40. The molecule has 0 aliphatic carbocycles. The Morgan fingerprint density at radius 2 is 2.03 bits per heavy atom. The Morgan fingerprint density at radius 1 is 1.26 bits per heavy atom. The van der Waals surface area contributed by atoms with E-state index in [4.69, 9.17) is 10.00 Å². The summed E-state index contributed by atoms with van der Waals surface area (Å²) in [6.07, 6.45) is 2.65. The zero-order valence-electron chi connectivity index (χ0n) is 20.3. The first kappa shape index (κ1) is 25.2. The van der Waals surface area contributed by atoms with Gasteiger partial charge in [0.1, 0.15) is 40.7 Å². The van der Waals surface area contributed by atoms with E-state index in [-0.39, 0.29) is 18.7 Å². The lowest BCUT2D eigenvalue weighted by Gasteiger charge is -2.47. The molecule has 0 radical (unpaired) electrons. The monoisotopic (exact) mass is 534 g/mol. The molecule has 1 saturated heterocycles. The number of carbonyl (C=O) groups excluding carboxylic acids is 2. The Morgan fingerprint density at radius 3 is 2.68 bits per heavy atom. The standard InChI is InChI=1S/C26H20F2N6O3S/c1-15-23(38-24(32-15)18-5-3-17(10-29)4-6-18)25(36)34-11-22(35)37-26(16(34)2,12-33-14-30-13-31-33)20-8-7-19(27)9-21(20)28/h3-9,13-14,16H,11-12H2,1-2H3. The number of ether oxygens (including phenoxy) is 1. The van der Waals surface area contributed by atoms with Gasteiger partial charge in [-0.25, -0.2) is 23.4 Å². The van der Waals surface area contributed by atoms with Crippen LogP contribution in [0.1, 0.15) is 33.4 Å². The third-order valence-corrected chi connectivity index (χ3v) is 7.70. The quantitative estimate of drug-likeness (QED) is 0.358. The molecule has 2 aromatic carbocycles. The molecule has 192 valence electrons. The number of morpholine rings is 1. The number of nitriles is 1. The summed E-state index contributed by atoms with van der Waals surface area (Å²) in [5.41, 5.74) is -0.121. The fourth-order valence-corrected chi connectivity index (χ4v) is 5.58. The summed E-state index contributed by atoms with van der Waals surface area (Å²) in [5.74, 6) is -2.94. The fraction of sp³-hybridized carbons (Fsp3) is 0.231. The predicted octanol–water partition coefficient (Wildman–Crippen LogP) is 3.84. The summed E-state index contributed by atoms with van der Waals surface area (Å²) >= 11 is 1.15. The number of hydrogen-bond donors (Lipinski definition) is 0. The fourth-order valence-electron chi connectivity index (χ4n) is 4.55. The highest BCUT2D eigenvalue weighted by atomic mass is 32.1. The third-order valence-electron chi connectivity index (χ3n) is 6.50. The molecule has 12 heteroatoms. The average molecular weight is 535 g/mol. The van der Waals surface area contributed by atoms with E-state index in [0.717, 1.165) is 23.0 Å². The van der Waals surface area contributed by atoms with Crippen LogP contribution in [-0.2, 0) is 21.7 Å². The van der Waals surface area contributed by atoms with Crippen LogP contribution in [0, 0.1) is 29.9 Å². The average Bonchev–Trinajstić information content (AvgIpc) is 3.55. The van der Waals surface area contributed by atoms with Crippen LogP contribution in [0.2, 0.25) is 0 Å². The van der Waals surface area contributed by atoms with Crippen LogP contribution in [0.5, 0.6) is 0 Å². The van der Waals surface area contributed by atoms with Gasteiger partial charge in [-0.15, -0.1) is 11.3 Å². The van der Waals surface area contributed by atoms with Crippen LogP contribution in [0.4, 0.5) is 8.78 Å². The van der Waals surface area contributed by atoms with Gasteiger partial charge in [-0.2, -0.15) is 10.4 Å². The molecule has 0 spiro atoms. The lowest BCUT2D eigenvalue weighted by atomic mass is 9.83. The Labute approximate surface area is 219 Å². The molecule has 0 saturated carbocycles. The van der Waals surface area contributed by atoms with Crippen molar-refractivity contribution in [1.82, 2.24) is 24.6 Å².